The molecule has 19 heavy (non-hydrogen) atoms. The van der Waals surface area contributed by atoms with Gasteiger partial charge in [0, 0.05) is 18.1 Å². The topological polar surface area (TPSA) is 72.2 Å². The summed E-state index contributed by atoms with van der Waals surface area (Å²) in [6.07, 6.45) is 6.55. The second-order valence-corrected chi connectivity index (χ2v) is 4.73. The summed E-state index contributed by atoms with van der Waals surface area (Å²) in [7, 11) is 0. The Morgan fingerprint density at radius 1 is 1.42 bits per heavy atom. The lowest BCUT2D eigenvalue weighted by Gasteiger charge is -2.18. The van der Waals surface area contributed by atoms with Crippen molar-refractivity contribution in [2.75, 3.05) is 5.32 Å². The largest absolute Gasteiger partial charge is 0.325 e. The quantitative estimate of drug-likeness (QED) is 0.515. The number of nitro groups is 1. The lowest BCUT2D eigenvalue weighted by Crippen LogP contribution is -2.23. The molecule has 1 N–H and O–H groups in total. The van der Waals surface area contributed by atoms with E-state index in [1.165, 1.54) is 12.1 Å². The van der Waals surface area contributed by atoms with Crippen LogP contribution in [0.1, 0.15) is 24.8 Å². The van der Waals surface area contributed by atoms with E-state index in [4.69, 9.17) is 0 Å². The Bertz CT molecular complexity index is 537. The molecule has 1 atom stereocenters. The van der Waals surface area contributed by atoms with E-state index in [9.17, 15) is 14.9 Å². The number of non-ortho nitro benzene ring substituents is 1. The zero-order valence-electron chi connectivity index (χ0n) is 10.8. The fraction of sp³-hybridized carbons (Fsp3) is 0.357. The Morgan fingerprint density at radius 3 is 2.84 bits per heavy atom. The Balaban J connectivity index is 2.13. The van der Waals surface area contributed by atoms with Gasteiger partial charge in [-0.2, -0.15) is 0 Å². The Morgan fingerprint density at radius 2 is 2.21 bits per heavy atom. The summed E-state index contributed by atoms with van der Waals surface area (Å²) < 4.78 is 0. The third-order valence-electron chi connectivity index (χ3n) is 3.33. The maximum atomic E-state index is 12.1. The highest BCUT2D eigenvalue weighted by Crippen LogP contribution is 2.24. The highest BCUT2D eigenvalue weighted by molar-refractivity contribution is 5.93. The average Bonchev–Trinajstić information content (AvgIpc) is 2.42. The van der Waals surface area contributed by atoms with Gasteiger partial charge in [0.1, 0.15) is 0 Å². The first-order valence-corrected chi connectivity index (χ1v) is 6.29. The molecule has 5 heteroatoms. The second kappa shape index (κ2) is 5.65. The van der Waals surface area contributed by atoms with E-state index < -0.39 is 4.92 Å². The van der Waals surface area contributed by atoms with Crippen LogP contribution in [0.15, 0.2) is 30.4 Å². The molecule has 0 heterocycles. The van der Waals surface area contributed by atoms with Crippen molar-refractivity contribution < 1.29 is 9.72 Å². The van der Waals surface area contributed by atoms with Gasteiger partial charge in [0.15, 0.2) is 0 Å². The number of benzene rings is 1. The monoisotopic (exact) mass is 260 g/mol. The number of aryl methyl sites for hydroxylation is 1. The number of carbonyl (C=O) groups is 1. The minimum atomic E-state index is -0.460. The molecule has 5 nitrogen and oxygen atoms in total. The lowest BCUT2D eigenvalue weighted by molar-refractivity contribution is -0.384. The van der Waals surface area contributed by atoms with Gasteiger partial charge in [-0.3, -0.25) is 14.9 Å². The number of rotatable bonds is 3. The number of hydrogen-bond acceptors (Lipinski definition) is 3. The summed E-state index contributed by atoms with van der Waals surface area (Å²) in [5.41, 5.74) is 1.34. The van der Waals surface area contributed by atoms with Crippen LogP contribution < -0.4 is 5.32 Å². The normalized spacial score (nSPS) is 18.1. The Hall–Kier alpha value is -2.17. The third kappa shape index (κ3) is 3.19. The van der Waals surface area contributed by atoms with Gasteiger partial charge in [0.05, 0.1) is 10.6 Å². The van der Waals surface area contributed by atoms with Gasteiger partial charge in [-0.1, -0.05) is 18.2 Å². The molecule has 0 saturated heterocycles. The van der Waals surface area contributed by atoms with Crippen LogP contribution in [0.2, 0.25) is 0 Å². The van der Waals surface area contributed by atoms with Gasteiger partial charge in [-0.25, -0.2) is 0 Å². The van der Waals surface area contributed by atoms with Gasteiger partial charge in [0.2, 0.25) is 5.91 Å². The smallest absolute Gasteiger partial charge is 0.271 e. The molecule has 0 bridgehead atoms. The molecule has 1 aromatic rings. The second-order valence-electron chi connectivity index (χ2n) is 4.73. The highest BCUT2D eigenvalue weighted by atomic mass is 16.6. The van der Waals surface area contributed by atoms with Crippen LogP contribution in [0.3, 0.4) is 0 Å². The van der Waals surface area contributed by atoms with Crippen molar-refractivity contribution in [1.82, 2.24) is 0 Å². The number of carbonyl (C=O) groups excluding carboxylic acids is 1. The third-order valence-corrected chi connectivity index (χ3v) is 3.33. The SMILES string of the molecule is Cc1ccc([N+](=O)[O-])cc1NC(=O)[C@@H]1CC=CCC1. The summed E-state index contributed by atoms with van der Waals surface area (Å²) in [6, 6.07) is 4.49. The molecule has 0 radical (unpaired) electrons. The van der Waals surface area contributed by atoms with Crippen molar-refractivity contribution in [2.24, 2.45) is 5.92 Å². The lowest BCUT2D eigenvalue weighted by atomic mass is 9.93. The van der Waals surface area contributed by atoms with E-state index in [-0.39, 0.29) is 17.5 Å². The molecule has 2 rings (SSSR count). The van der Waals surface area contributed by atoms with Crippen molar-refractivity contribution in [1.29, 1.82) is 0 Å². The number of nitrogens with zero attached hydrogens (tertiary/aromatic N) is 1. The zero-order valence-corrected chi connectivity index (χ0v) is 10.8. The van der Waals surface area contributed by atoms with E-state index in [0.29, 0.717) is 5.69 Å². The predicted molar refractivity (Wildman–Crippen MR) is 72.9 cm³/mol. The van der Waals surface area contributed by atoms with Gasteiger partial charge in [-0.15, -0.1) is 0 Å². The molecule has 100 valence electrons. The van der Waals surface area contributed by atoms with E-state index >= 15 is 0 Å². The van der Waals surface area contributed by atoms with Crippen molar-refractivity contribution in [3.05, 3.63) is 46.0 Å². The Kier molecular flexibility index (Phi) is 3.94. The van der Waals surface area contributed by atoms with Gasteiger partial charge >= 0.3 is 0 Å². The van der Waals surface area contributed by atoms with E-state index in [1.807, 2.05) is 13.0 Å². The van der Waals surface area contributed by atoms with Crippen LogP contribution in [0, 0.1) is 23.0 Å². The molecular formula is C14H16N2O3. The first-order valence-electron chi connectivity index (χ1n) is 6.29. The fourth-order valence-electron chi connectivity index (χ4n) is 2.12. The van der Waals surface area contributed by atoms with Crippen molar-refractivity contribution in [2.45, 2.75) is 26.2 Å². The first kappa shape index (κ1) is 13.3. The maximum absolute atomic E-state index is 12.1. The molecule has 1 aliphatic carbocycles. The van der Waals surface area contributed by atoms with Gasteiger partial charge < -0.3 is 5.32 Å². The van der Waals surface area contributed by atoms with E-state index in [0.717, 1.165) is 24.8 Å². The molecular weight excluding hydrogens is 244 g/mol. The summed E-state index contributed by atoms with van der Waals surface area (Å²) in [5.74, 6) is -0.100. The molecule has 0 aliphatic heterocycles. The number of amides is 1. The minimum absolute atomic E-state index is 0.00978. The Labute approximate surface area is 111 Å². The highest BCUT2D eigenvalue weighted by Gasteiger charge is 2.20. The molecule has 0 unspecified atom stereocenters. The number of nitrogens with one attached hydrogen (secondary N) is 1. The molecule has 1 aromatic carbocycles. The van der Waals surface area contributed by atoms with Crippen LogP contribution >= 0.6 is 0 Å². The molecule has 1 amide bonds. The molecule has 1 aliphatic rings. The maximum Gasteiger partial charge on any atom is 0.271 e. The first-order chi connectivity index (χ1) is 9.08. The zero-order chi connectivity index (χ0) is 13.8. The number of anilines is 1. The van der Waals surface area contributed by atoms with Gasteiger partial charge in [-0.05, 0) is 31.7 Å². The number of allylic oxidation sites excluding steroid dienone is 2. The number of nitro benzene ring substituents is 1. The molecule has 0 aromatic heterocycles. The van der Waals surface area contributed by atoms with Crippen LogP contribution in [0.4, 0.5) is 11.4 Å². The van der Waals surface area contributed by atoms with Crippen molar-refractivity contribution in [3.8, 4) is 0 Å². The fourth-order valence-corrected chi connectivity index (χ4v) is 2.12. The summed E-state index contributed by atoms with van der Waals surface area (Å²) in [5, 5.41) is 13.5. The van der Waals surface area contributed by atoms with Crippen LogP contribution in [-0.4, -0.2) is 10.8 Å². The average molecular weight is 260 g/mol. The summed E-state index contributed by atoms with van der Waals surface area (Å²) in [6.45, 7) is 1.82. The van der Waals surface area contributed by atoms with Crippen LogP contribution in [0.25, 0.3) is 0 Å². The number of hydrogen-bond donors (Lipinski definition) is 1. The summed E-state index contributed by atoms with van der Waals surface area (Å²) >= 11 is 0. The van der Waals surface area contributed by atoms with Crippen LogP contribution in [0.5, 0.6) is 0 Å². The van der Waals surface area contributed by atoms with E-state index in [1.54, 1.807) is 6.07 Å². The van der Waals surface area contributed by atoms with Gasteiger partial charge in [0.25, 0.3) is 5.69 Å². The van der Waals surface area contributed by atoms with Crippen LogP contribution in [-0.2, 0) is 4.79 Å². The minimum Gasteiger partial charge on any atom is -0.325 e. The standard InChI is InChI=1S/C14H16N2O3/c1-10-7-8-12(16(18)19)9-13(10)15-14(17)11-5-3-2-4-6-11/h2-3,7-9,11H,4-6H2,1H3,(H,15,17)/t11-/m1/s1. The molecule has 0 spiro atoms. The van der Waals surface area contributed by atoms with Crippen molar-refractivity contribution in [3.63, 3.8) is 0 Å². The van der Waals surface area contributed by atoms with Crippen molar-refractivity contribution >= 4 is 17.3 Å². The van der Waals surface area contributed by atoms with E-state index in [2.05, 4.69) is 11.4 Å². The molecule has 0 saturated carbocycles. The predicted octanol–water partition coefficient (Wildman–Crippen LogP) is 3.20. The summed E-state index contributed by atoms with van der Waals surface area (Å²) in [4.78, 5) is 22.4. The molecule has 0 fully saturated rings.